The van der Waals surface area contributed by atoms with Crippen LogP contribution >= 0.6 is 0 Å². The van der Waals surface area contributed by atoms with Crippen molar-refractivity contribution in [2.45, 2.75) is 6.42 Å². The number of carbonyl (C=O) groups is 1. The molecule has 12 heteroatoms. The molecule has 6 rings (SSSR count). The van der Waals surface area contributed by atoms with Gasteiger partial charge in [0.1, 0.15) is 24.3 Å². The van der Waals surface area contributed by atoms with Crippen molar-refractivity contribution in [2.75, 3.05) is 49.3 Å². The summed E-state index contributed by atoms with van der Waals surface area (Å²) in [5.74, 6) is -0.540. The monoisotopic (exact) mass is 507 g/mol. The van der Waals surface area contributed by atoms with Crippen molar-refractivity contribution in [3.63, 3.8) is 0 Å². The zero-order valence-corrected chi connectivity index (χ0v) is 19.7. The normalized spacial score (nSPS) is 16.0. The smallest absolute Gasteiger partial charge is 0.414 e. The Hall–Kier alpha value is -4.45. The molecule has 1 aromatic carbocycles. The molecule has 0 spiro atoms. The van der Waals surface area contributed by atoms with E-state index in [1.807, 2.05) is 4.90 Å². The van der Waals surface area contributed by atoms with Gasteiger partial charge in [-0.15, -0.1) is 0 Å². The summed E-state index contributed by atoms with van der Waals surface area (Å²) in [5.41, 5.74) is 2.28. The lowest BCUT2D eigenvalue weighted by atomic mass is 10.1. The number of hydrogen-bond acceptors (Lipinski definition) is 7. The van der Waals surface area contributed by atoms with E-state index in [9.17, 15) is 19.1 Å². The Morgan fingerprint density at radius 2 is 1.89 bits per heavy atom. The molecule has 37 heavy (non-hydrogen) atoms. The number of aromatic nitrogens is 4. The largest absolute Gasteiger partial charge is 0.501 e. The lowest BCUT2D eigenvalue weighted by molar-refractivity contribution is -0.362. The number of halogens is 1. The van der Waals surface area contributed by atoms with Gasteiger partial charge in [-0.2, -0.15) is 0 Å². The molecular formula is C25H24FN6O5+. The van der Waals surface area contributed by atoms with Gasteiger partial charge < -0.3 is 19.5 Å². The minimum absolute atomic E-state index is 0.0169. The molecule has 3 aromatic heterocycles. The van der Waals surface area contributed by atoms with Crippen LogP contribution in [0.5, 0.6) is 5.75 Å². The number of fused-ring (bicyclic) bond motifs is 1. The Labute approximate surface area is 209 Å². The molecule has 1 amide bonds. The van der Waals surface area contributed by atoms with E-state index in [0.29, 0.717) is 56.5 Å². The third-order valence-electron chi connectivity index (χ3n) is 6.52. The number of hydrogen-bond donors (Lipinski definition) is 2. The van der Waals surface area contributed by atoms with E-state index < -0.39 is 17.4 Å². The molecule has 2 saturated heterocycles. The Morgan fingerprint density at radius 1 is 1.11 bits per heavy atom. The lowest BCUT2D eigenvalue weighted by Gasteiger charge is -2.30. The first-order valence-electron chi connectivity index (χ1n) is 11.9. The number of pyridine rings is 1. The molecule has 0 bridgehead atoms. The Balaban J connectivity index is 1.45. The summed E-state index contributed by atoms with van der Waals surface area (Å²) in [4.78, 5) is 40.1. The number of H-pyrrole nitrogens is 2. The van der Waals surface area contributed by atoms with Gasteiger partial charge in [0.15, 0.2) is 5.65 Å². The highest BCUT2D eigenvalue weighted by atomic mass is 19.1. The molecule has 0 atom stereocenters. The maximum atomic E-state index is 13.4. The van der Waals surface area contributed by atoms with E-state index in [1.54, 1.807) is 30.6 Å². The van der Waals surface area contributed by atoms with Gasteiger partial charge in [0, 0.05) is 25.7 Å². The number of benzene rings is 1. The number of aromatic amines is 2. The lowest BCUT2D eigenvalue weighted by Crippen LogP contribution is -2.37. The van der Waals surface area contributed by atoms with E-state index in [-0.39, 0.29) is 23.8 Å². The molecule has 0 unspecified atom stereocenters. The van der Waals surface area contributed by atoms with Crippen LogP contribution in [0.15, 0.2) is 47.5 Å². The summed E-state index contributed by atoms with van der Waals surface area (Å²) in [6.07, 6.45) is 3.25. The van der Waals surface area contributed by atoms with Crippen LogP contribution < -0.4 is 20.3 Å². The summed E-state index contributed by atoms with van der Waals surface area (Å²) in [5, 5.41) is 10.9. The average molecular weight is 508 g/mol. The molecule has 4 aromatic rings. The molecule has 2 aliphatic heterocycles. The second-order valence-electron chi connectivity index (χ2n) is 8.87. The first kappa shape index (κ1) is 23.0. The maximum absolute atomic E-state index is 13.4. The van der Waals surface area contributed by atoms with Crippen molar-refractivity contribution in [3.8, 4) is 17.3 Å². The number of nitrogens with zero attached hydrogens (tertiary/aromatic N) is 4. The zero-order valence-electron chi connectivity index (χ0n) is 19.7. The SMILES string of the molecule is O=C1OCCN1c1cc(N2CCOCC2)cn2c(=O)c(O)c(-c3[nH]c(Cc4ccc(F)cc4)c[nH+]3)nc12. The number of anilines is 2. The molecule has 11 nitrogen and oxygen atoms in total. The highest BCUT2D eigenvalue weighted by molar-refractivity contribution is 5.95. The first-order valence-corrected chi connectivity index (χ1v) is 11.9. The second-order valence-corrected chi connectivity index (χ2v) is 8.87. The second kappa shape index (κ2) is 9.21. The standard InChI is InChI=1S/C25H23FN6O5/c26-16-3-1-15(2-4-16)11-17-13-27-22(28-17)20-21(33)24(34)32-14-18(30-5-8-36-9-6-30)12-19(23(32)29-20)31-7-10-37-25(31)35/h1-4,12-14,33H,5-11H2,(H,27,28)/p+1. The molecule has 0 saturated carbocycles. The minimum Gasteiger partial charge on any atom is -0.501 e. The van der Waals surface area contributed by atoms with E-state index in [0.717, 1.165) is 11.3 Å². The predicted molar refractivity (Wildman–Crippen MR) is 130 cm³/mol. The number of amides is 1. The molecule has 2 fully saturated rings. The number of ether oxygens (including phenoxy) is 2. The number of imidazole rings is 1. The zero-order chi connectivity index (χ0) is 25.5. The third-order valence-corrected chi connectivity index (χ3v) is 6.52. The van der Waals surface area contributed by atoms with Gasteiger partial charge in [-0.1, -0.05) is 12.1 Å². The van der Waals surface area contributed by atoms with Crippen molar-refractivity contribution in [3.05, 3.63) is 70.2 Å². The number of rotatable bonds is 5. The van der Waals surface area contributed by atoms with E-state index in [2.05, 4.69) is 15.0 Å². The Morgan fingerprint density at radius 3 is 2.62 bits per heavy atom. The van der Waals surface area contributed by atoms with Crippen LogP contribution in [0, 0.1) is 5.82 Å². The van der Waals surface area contributed by atoms with Crippen molar-refractivity contribution < 1.29 is 28.7 Å². The van der Waals surface area contributed by atoms with Gasteiger partial charge in [-0.3, -0.25) is 14.1 Å². The molecule has 0 aliphatic carbocycles. The van der Waals surface area contributed by atoms with Crippen molar-refractivity contribution >= 4 is 23.1 Å². The van der Waals surface area contributed by atoms with Crippen LogP contribution in [0.2, 0.25) is 0 Å². The summed E-state index contributed by atoms with van der Waals surface area (Å²) in [6.45, 7) is 2.85. The van der Waals surface area contributed by atoms with Gasteiger partial charge in [0.25, 0.3) is 0 Å². The maximum Gasteiger partial charge on any atom is 0.414 e. The molecule has 190 valence electrons. The van der Waals surface area contributed by atoms with Gasteiger partial charge >= 0.3 is 17.5 Å². The summed E-state index contributed by atoms with van der Waals surface area (Å²) in [6, 6.07) is 7.94. The Kier molecular flexibility index (Phi) is 5.72. The van der Waals surface area contributed by atoms with Crippen LogP contribution in [-0.2, 0) is 15.9 Å². The highest BCUT2D eigenvalue weighted by Gasteiger charge is 2.30. The first-order chi connectivity index (χ1) is 18.0. The molecule has 2 aliphatic rings. The summed E-state index contributed by atoms with van der Waals surface area (Å²) >= 11 is 0. The van der Waals surface area contributed by atoms with Crippen molar-refractivity contribution in [2.24, 2.45) is 0 Å². The highest BCUT2D eigenvalue weighted by Crippen LogP contribution is 2.31. The van der Waals surface area contributed by atoms with E-state index >= 15 is 0 Å². The van der Waals surface area contributed by atoms with Gasteiger partial charge in [0.2, 0.25) is 11.4 Å². The summed E-state index contributed by atoms with van der Waals surface area (Å²) in [7, 11) is 0. The van der Waals surface area contributed by atoms with Crippen LogP contribution in [0.3, 0.4) is 0 Å². The molecular weight excluding hydrogens is 483 g/mol. The predicted octanol–water partition coefficient (Wildman–Crippen LogP) is 1.73. The number of nitrogens with one attached hydrogen (secondary N) is 2. The molecule has 0 radical (unpaired) electrons. The van der Waals surface area contributed by atoms with Crippen molar-refractivity contribution in [1.82, 2.24) is 14.4 Å². The van der Waals surface area contributed by atoms with Gasteiger partial charge in [-0.25, -0.2) is 24.1 Å². The third kappa shape index (κ3) is 4.25. The van der Waals surface area contributed by atoms with Crippen LogP contribution in [0.25, 0.3) is 17.2 Å². The topological polar surface area (TPSA) is 127 Å². The fraction of sp³-hybridized carbons (Fsp3) is 0.280. The number of carbonyl (C=O) groups excluding carboxylic acids is 1. The Bertz CT molecular complexity index is 1540. The number of aromatic hydroxyl groups is 1. The minimum atomic E-state index is -0.674. The fourth-order valence-electron chi connectivity index (χ4n) is 4.62. The molecule has 5 heterocycles. The van der Waals surface area contributed by atoms with Gasteiger partial charge in [-0.05, 0) is 23.8 Å². The number of cyclic esters (lactones) is 1. The summed E-state index contributed by atoms with van der Waals surface area (Å²) < 4.78 is 25.1. The van der Waals surface area contributed by atoms with E-state index in [1.165, 1.54) is 21.4 Å². The van der Waals surface area contributed by atoms with Crippen molar-refractivity contribution in [1.29, 1.82) is 0 Å². The van der Waals surface area contributed by atoms with Crippen LogP contribution in [-0.4, -0.2) is 65.0 Å². The van der Waals surface area contributed by atoms with Crippen LogP contribution in [0.1, 0.15) is 11.3 Å². The average Bonchev–Trinajstić information content (AvgIpc) is 3.56. The van der Waals surface area contributed by atoms with Crippen LogP contribution in [0.4, 0.5) is 20.6 Å². The molecule has 3 N–H and O–H groups in total. The fourth-order valence-corrected chi connectivity index (χ4v) is 4.62. The quantitative estimate of drug-likeness (QED) is 0.421. The van der Waals surface area contributed by atoms with Gasteiger partial charge in [0.05, 0.1) is 31.1 Å². The van der Waals surface area contributed by atoms with E-state index in [4.69, 9.17) is 9.47 Å². The number of morpholine rings is 1.